The zero-order valence-corrected chi connectivity index (χ0v) is 17.5. The molecule has 0 saturated heterocycles. The molecule has 3 atom stereocenters. The fraction of sp³-hybridized carbons (Fsp3) is 0.524. The van der Waals surface area contributed by atoms with Crippen molar-refractivity contribution in [1.82, 2.24) is 5.32 Å². The number of carbonyl (C=O) groups excluding carboxylic acids is 2. The van der Waals surface area contributed by atoms with Crippen LogP contribution >= 0.6 is 11.6 Å². The largest absolute Gasteiger partial charge is 0.493 e. The van der Waals surface area contributed by atoms with Crippen LogP contribution < -0.4 is 14.8 Å². The minimum absolute atomic E-state index is 0.138. The first kappa shape index (κ1) is 22.1. The van der Waals surface area contributed by atoms with E-state index in [1.54, 1.807) is 18.2 Å². The maximum absolute atomic E-state index is 12.1. The summed E-state index contributed by atoms with van der Waals surface area (Å²) in [4.78, 5) is 24.0. The second-order valence-electron chi connectivity index (χ2n) is 7.12. The van der Waals surface area contributed by atoms with Crippen LogP contribution in [0.15, 0.2) is 18.2 Å². The molecule has 0 bridgehead atoms. The summed E-state index contributed by atoms with van der Waals surface area (Å²) >= 11 is 6.14. The summed E-state index contributed by atoms with van der Waals surface area (Å²) in [7, 11) is 3.00. The predicted molar refractivity (Wildman–Crippen MR) is 109 cm³/mol. The number of halogens is 1. The van der Waals surface area contributed by atoms with E-state index in [-0.39, 0.29) is 18.6 Å². The zero-order valence-electron chi connectivity index (χ0n) is 16.8. The van der Waals surface area contributed by atoms with Crippen molar-refractivity contribution in [3.05, 3.63) is 28.8 Å². The maximum Gasteiger partial charge on any atom is 0.331 e. The molecule has 0 heterocycles. The summed E-state index contributed by atoms with van der Waals surface area (Å²) in [6.07, 6.45) is 6.04. The predicted octanol–water partition coefficient (Wildman–Crippen LogP) is 3.85. The number of amides is 1. The highest BCUT2D eigenvalue weighted by Crippen LogP contribution is 2.36. The molecular formula is C21H28ClNO5. The van der Waals surface area contributed by atoms with Gasteiger partial charge in [-0.15, -0.1) is 0 Å². The average molecular weight is 410 g/mol. The molecule has 0 radical (unpaired) electrons. The first-order chi connectivity index (χ1) is 13.3. The summed E-state index contributed by atoms with van der Waals surface area (Å²) in [5.41, 5.74) is 0.647. The van der Waals surface area contributed by atoms with Gasteiger partial charge in [-0.05, 0) is 42.0 Å². The Morgan fingerprint density at radius 1 is 1.21 bits per heavy atom. The molecule has 1 aliphatic rings. The molecule has 0 aromatic heterocycles. The number of hydrogen-bond donors (Lipinski definition) is 1. The third-order valence-electron chi connectivity index (χ3n) is 5.27. The number of rotatable bonds is 7. The van der Waals surface area contributed by atoms with Crippen LogP contribution in [0, 0.1) is 11.8 Å². The Bertz CT molecular complexity index is 734. The highest BCUT2D eigenvalue weighted by Gasteiger charge is 2.28. The van der Waals surface area contributed by atoms with Crippen molar-refractivity contribution in [2.24, 2.45) is 11.8 Å². The van der Waals surface area contributed by atoms with Gasteiger partial charge in [-0.3, -0.25) is 4.79 Å². The van der Waals surface area contributed by atoms with Crippen LogP contribution in [-0.2, 0) is 14.3 Å². The second-order valence-corrected chi connectivity index (χ2v) is 7.53. The number of esters is 1. The summed E-state index contributed by atoms with van der Waals surface area (Å²) in [6, 6.07) is 3.47. The minimum atomic E-state index is -0.605. The van der Waals surface area contributed by atoms with Gasteiger partial charge >= 0.3 is 5.97 Å². The lowest BCUT2D eigenvalue weighted by Crippen LogP contribution is -2.45. The van der Waals surface area contributed by atoms with Crippen LogP contribution in [0.1, 0.15) is 38.7 Å². The standard InChI is InChI=1S/C21H28ClNO5/c1-13-6-5-7-17(14(13)2)23-19(24)12-28-20(25)9-8-15-10-16(22)21(27-4)18(11-15)26-3/h8-11,13-14,17H,5-7,12H2,1-4H3,(H,23,24)/b9-8+/t13-,14-,17+/m1/s1. The quantitative estimate of drug-likeness (QED) is 0.546. The lowest BCUT2D eigenvalue weighted by molar-refractivity contribution is -0.144. The van der Waals surface area contributed by atoms with E-state index in [0.29, 0.717) is 33.9 Å². The van der Waals surface area contributed by atoms with E-state index in [0.717, 1.165) is 12.8 Å². The molecule has 154 valence electrons. The third kappa shape index (κ3) is 5.89. The molecule has 1 N–H and O–H groups in total. The Labute approximate surface area is 171 Å². The van der Waals surface area contributed by atoms with E-state index >= 15 is 0 Å². The van der Waals surface area contributed by atoms with Gasteiger partial charge in [0.15, 0.2) is 18.1 Å². The number of nitrogens with one attached hydrogen (secondary N) is 1. The lowest BCUT2D eigenvalue weighted by atomic mass is 9.78. The lowest BCUT2D eigenvalue weighted by Gasteiger charge is -2.34. The van der Waals surface area contributed by atoms with Crippen molar-refractivity contribution in [2.75, 3.05) is 20.8 Å². The molecule has 0 unspecified atom stereocenters. The summed E-state index contributed by atoms with van der Waals surface area (Å²) in [5, 5.41) is 3.34. The fourth-order valence-electron chi connectivity index (χ4n) is 3.42. The maximum atomic E-state index is 12.1. The van der Waals surface area contributed by atoms with E-state index in [2.05, 4.69) is 19.2 Å². The number of benzene rings is 1. The Kier molecular flexibility index (Phi) is 8.18. The van der Waals surface area contributed by atoms with Gasteiger partial charge < -0.3 is 19.5 Å². The molecule has 7 heteroatoms. The van der Waals surface area contributed by atoms with Crippen molar-refractivity contribution < 1.29 is 23.8 Å². The molecular weight excluding hydrogens is 382 g/mol. The van der Waals surface area contributed by atoms with Crippen molar-refractivity contribution in [3.63, 3.8) is 0 Å². The Balaban J connectivity index is 1.86. The average Bonchev–Trinajstić information content (AvgIpc) is 2.67. The normalized spacial score (nSPS) is 22.0. The first-order valence-electron chi connectivity index (χ1n) is 9.41. The molecule has 1 fully saturated rings. The molecule has 2 rings (SSSR count). The topological polar surface area (TPSA) is 73.9 Å². The fourth-order valence-corrected chi connectivity index (χ4v) is 3.71. The van der Waals surface area contributed by atoms with Crippen molar-refractivity contribution in [3.8, 4) is 11.5 Å². The summed E-state index contributed by atoms with van der Waals surface area (Å²) in [6.45, 7) is 4.06. The van der Waals surface area contributed by atoms with E-state index in [4.69, 9.17) is 25.8 Å². The number of methoxy groups -OCH3 is 2. The van der Waals surface area contributed by atoms with Gasteiger partial charge in [0.05, 0.1) is 19.2 Å². The minimum Gasteiger partial charge on any atom is -0.493 e. The SMILES string of the molecule is COc1cc(/C=C/C(=O)OCC(=O)N[C@H]2CCC[C@@H](C)[C@H]2C)cc(Cl)c1OC. The highest BCUT2D eigenvalue weighted by atomic mass is 35.5. The van der Waals surface area contributed by atoms with Crippen LogP contribution in [0.25, 0.3) is 6.08 Å². The van der Waals surface area contributed by atoms with Crippen molar-refractivity contribution >= 4 is 29.6 Å². The van der Waals surface area contributed by atoms with Gasteiger partial charge in [-0.2, -0.15) is 0 Å². The Morgan fingerprint density at radius 3 is 2.64 bits per heavy atom. The molecule has 1 aliphatic carbocycles. The van der Waals surface area contributed by atoms with E-state index < -0.39 is 5.97 Å². The van der Waals surface area contributed by atoms with Crippen LogP contribution in [0.3, 0.4) is 0 Å². The van der Waals surface area contributed by atoms with Crippen LogP contribution in [0.2, 0.25) is 5.02 Å². The van der Waals surface area contributed by atoms with E-state index in [9.17, 15) is 9.59 Å². The van der Waals surface area contributed by atoms with Crippen LogP contribution in [0.5, 0.6) is 11.5 Å². The number of ether oxygens (including phenoxy) is 3. The molecule has 6 nitrogen and oxygen atoms in total. The van der Waals surface area contributed by atoms with Crippen LogP contribution in [-0.4, -0.2) is 38.7 Å². The number of hydrogen-bond acceptors (Lipinski definition) is 5. The number of carbonyl (C=O) groups is 2. The van der Waals surface area contributed by atoms with Crippen molar-refractivity contribution in [2.45, 2.75) is 39.2 Å². The summed E-state index contributed by atoms with van der Waals surface area (Å²) in [5.74, 6) is 0.999. The molecule has 0 spiro atoms. The smallest absolute Gasteiger partial charge is 0.331 e. The van der Waals surface area contributed by atoms with E-state index in [1.807, 2.05) is 0 Å². The molecule has 0 aliphatic heterocycles. The first-order valence-corrected chi connectivity index (χ1v) is 9.79. The van der Waals surface area contributed by atoms with Gasteiger partial charge in [-0.25, -0.2) is 4.79 Å². The highest BCUT2D eigenvalue weighted by molar-refractivity contribution is 6.32. The van der Waals surface area contributed by atoms with E-state index in [1.165, 1.54) is 26.7 Å². The Hall–Kier alpha value is -2.21. The molecule has 28 heavy (non-hydrogen) atoms. The molecule has 1 aromatic rings. The second kappa shape index (κ2) is 10.4. The van der Waals surface area contributed by atoms with Gasteiger partial charge in [0, 0.05) is 12.1 Å². The summed E-state index contributed by atoms with van der Waals surface area (Å²) < 4.78 is 15.4. The van der Waals surface area contributed by atoms with Crippen molar-refractivity contribution in [1.29, 1.82) is 0 Å². The van der Waals surface area contributed by atoms with Crippen LogP contribution in [0.4, 0.5) is 0 Å². The molecule has 1 amide bonds. The van der Waals surface area contributed by atoms with Gasteiger partial charge in [0.1, 0.15) is 0 Å². The van der Waals surface area contributed by atoms with Gasteiger partial charge in [0.25, 0.3) is 5.91 Å². The molecule has 1 aromatic carbocycles. The zero-order chi connectivity index (χ0) is 20.7. The monoisotopic (exact) mass is 409 g/mol. The van der Waals surface area contributed by atoms with Gasteiger partial charge in [-0.1, -0.05) is 38.3 Å². The van der Waals surface area contributed by atoms with Gasteiger partial charge in [0.2, 0.25) is 0 Å². The Morgan fingerprint density at radius 2 is 1.96 bits per heavy atom. The third-order valence-corrected chi connectivity index (χ3v) is 5.55. The molecule has 1 saturated carbocycles.